The first-order valence-corrected chi connectivity index (χ1v) is 7.83. The van der Waals surface area contributed by atoms with Crippen LogP contribution < -0.4 is 10.6 Å². The zero-order valence-corrected chi connectivity index (χ0v) is 13.5. The number of para-hydroxylation sites is 1. The number of nitrogens with zero attached hydrogens (tertiary/aromatic N) is 1. The highest BCUT2D eigenvalue weighted by molar-refractivity contribution is 9.10. The van der Waals surface area contributed by atoms with Gasteiger partial charge in [-0.05, 0) is 59.0 Å². The largest absolute Gasteiger partial charge is 0.398 e. The van der Waals surface area contributed by atoms with E-state index < -0.39 is 0 Å². The van der Waals surface area contributed by atoms with Gasteiger partial charge in [0.1, 0.15) is 0 Å². The summed E-state index contributed by atoms with van der Waals surface area (Å²) in [5.74, 6) is 0.00410. The smallest absolute Gasteiger partial charge is 0.259 e. The van der Waals surface area contributed by atoms with E-state index in [1.165, 1.54) is 5.56 Å². The number of anilines is 2. The third-order valence-electron chi connectivity index (χ3n) is 3.92. The monoisotopic (exact) mass is 344 g/mol. The number of fused-ring (bicyclic) bond motifs is 1. The maximum absolute atomic E-state index is 12.9. The summed E-state index contributed by atoms with van der Waals surface area (Å²) in [6.45, 7) is 2.80. The summed E-state index contributed by atoms with van der Waals surface area (Å²) in [7, 11) is 0. The van der Waals surface area contributed by atoms with Crippen LogP contribution in [-0.4, -0.2) is 12.5 Å². The molecule has 0 fully saturated rings. The first-order chi connectivity index (χ1) is 10.1. The third kappa shape index (κ3) is 2.44. The molecule has 0 bridgehead atoms. The molecule has 0 spiro atoms. The molecular weight excluding hydrogens is 328 g/mol. The molecule has 0 saturated carbocycles. The number of benzene rings is 2. The van der Waals surface area contributed by atoms with Crippen LogP contribution in [0.2, 0.25) is 0 Å². The Morgan fingerprint density at radius 2 is 2.00 bits per heavy atom. The number of aryl methyl sites for hydroxylation is 2. The minimum atomic E-state index is 0.00410. The Hall–Kier alpha value is -1.81. The van der Waals surface area contributed by atoms with Crippen LogP contribution in [0.5, 0.6) is 0 Å². The normalized spacial score (nSPS) is 13.9. The van der Waals surface area contributed by atoms with Crippen molar-refractivity contribution in [2.75, 3.05) is 17.2 Å². The molecular formula is C17H17BrN2O. The van der Waals surface area contributed by atoms with Crippen LogP contribution in [0.3, 0.4) is 0 Å². The number of carbonyl (C=O) groups excluding carboxylic acids is 1. The van der Waals surface area contributed by atoms with Crippen LogP contribution in [0.25, 0.3) is 0 Å². The van der Waals surface area contributed by atoms with Crippen molar-refractivity contribution in [2.24, 2.45) is 0 Å². The first kappa shape index (κ1) is 14.1. The van der Waals surface area contributed by atoms with Gasteiger partial charge >= 0.3 is 0 Å². The molecule has 108 valence electrons. The van der Waals surface area contributed by atoms with E-state index in [-0.39, 0.29) is 5.91 Å². The summed E-state index contributed by atoms with van der Waals surface area (Å²) in [5.41, 5.74) is 10.5. The quantitative estimate of drug-likeness (QED) is 0.796. The molecule has 1 heterocycles. The molecule has 2 aromatic carbocycles. The van der Waals surface area contributed by atoms with Gasteiger partial charge in [-0.25, -0.2) is 0 Å². The van der Waals surface area contributed by atoms with Crippen LogP contribution in [0.15, 0.2) is 40.9 Å². The van der Waals surface area contributed by atoms with Gasteiger partial charge in [-0.3, -0.25) is 4.79 Å². The highest BCUT2D eigenvalue weighted by atomic mass is 79.9. The van der Waals surface area contributed by atoms with Crippen LogP contribution in [-0.2, 0) is 6.42 Å². The second-order valence-electron chi connectivity index (χ2n) is 5.35. The molecule has 1 aliphatic heterocycles. The van der Waals surface area contributed by atoms with Gasteiger partial charge in [0.2, 0.25) is 0 Å². The number of hydrogen-bond acceptors (Lipinski definition) is 2. The molecule has 0 atom stereocenters. The fourth-order valence-corrected chi connectivity index (χ4v) is 3.34. The Kier molecular flexibility index (Phi) is 3.72. The summed E-state index contributed by atoms with van der Waals surface area (Å²) in [6, 6.07) is 11.6. The maximum atomic E-state index is 12.9. The van der Waals surface area contributed by atoms with Gasteiger partial charge in [0, 0.05) is 12.2 Å². The van der Waals surface area contributed by atoms with Gasteiger partial charge in [-0.2, -0.15) is 0 Å². The second kappa shape index (κ2) is 5.53. The van der Waals surface area contributed by atoms with Gasteiger partial charge in [-0.15, -0.1) is 0 Å². The summed E-state index contributed by atoms with van der Waals surface area (Å²) >= 11 is 3.43. The van der Waals surface area contributed by atoms with Crippen molar-refractivity contribution >= 4 is 33.2 Å². The predicted octanol–water partition coefficient (Wildman–Crippen LogP) is 3.93. The number of carbonyl (C=O) groups is 1. The fourth-order valence-electron chi connectivity index (χ4n) is 2.91. The number of hydrogen-bond donors (Lipinski definition) is 1. The lowest BCUT2D eigenvalue weighted by molar-refractivity contribution is 0.0984. The Morgan fingerprint density at radius 1 is 1.24 bits per heavy atom. The van der Waals surface area contributed by atoms with E-state index in [2.05, 4.69) is 41.1 Å². The van der Waals surface area contributed by atoms with Crippen molar-refractivity contribution in [1.29, 1.82) is 0 Å². The second-order valence-corrected chi connectivity index (χ2v) is 6.14. The van der Waals surface area contributed by atoms with Crippen molar-refractivity contribution in [2.45, 2.75) is 19.8 Å². The molecule has 0 radical (unpaired) electrons. The summed E-state index contributed by atoms with van der Waals surface area (Å²) in [4.78, 5) is 14.8. The van der Waals surface area contributed by atoms with E-state index >= 15 is 0 Å². The maximum Gasteiger partial charge on any atom is 0.259 e. The van der Waals surface area contributed by atoms with E-state index in [9.17, 15) is 4.79 Å². The first-order valence-electron chi connectivity index (χ1n) is 7.04. The van der Waals surface area contributed by atoms with Crippen molar-refractivity contribution in [3.63, 3.8) is 0 Å². The highest BCUT2D eigenvalue weighted by Gasteiger charge is 2.26. The van der Waals surface area contributed by atoms with Gasteiger partial charge in [0.25, 0.3) is 5.91 Å². The molecule has 0 aromatic heterocycles. The molecule has 0 aliphatic carbocycles. The Labute approximate surface area is 132 Å². The summed E-state index contributed by atoms with van der Waals surface area (Å²) < 4.78 is 0.677. The molecule has 4 heteroatoms. The van der Waals surface area contributed by atoms with E-state index in [4.69, 9.17) is 5.73 Å². The highest BCUT2D eigenvalue weighted by Crippen LogP contribution is 2.33. The average Bonchev–Trinajstić information content (AvgIpc) is 2.49. The Morgan fingerprint density at radius 3 is 2.81 bits per heavy atom. The molecule has 0 saturated heterocycles. The van der Waals surface area contributed by atoms with Crippen molar-refractivity contribution in [1.82, 2.24) is 0 Å². The molecule has 1 aliphatic rings. The molecule has 3 nitrogen and oxygen atoms in total. The number of rotatable bonds is 1. The number of halogens is 1. The SMILES string of the molecule is Cc1cccc2c1N(C(=O)c1cccc(N)c1Br)CCC2. The summed E-state index contributed by atoms with van der Waals surface area (Å²) in [6.07, 6.45) is 2.01. The lowest BCUT2D eigenvalue weighted by atomic mass is 9.97. The minimum absolute atomic E-state index is 0.00410. The van der Waals surface area contributed by atoms with Crippen molar-refractivity contribution in [3.05, 3.63) is 57.6 Å². The van der Waals surface area contributed by atoms with Crippen molar-refractivity contribution in [3.8, 4) is 0 Å². The minimum Gasteiger partial charge on any atom is -0.398 e. The van der Waals surface area contributed by atoms with E-state index in [0.29, 0.717) is 15.7 Å². The Balaban J connectivity index is 2.07. The van der Waals surface area contributed by atoms with Crippen LogP contribution in [0.4, 0.5) is 11.4 Å². The molecule has 0 unspecified atom stereocenters. The third-order valence-corrected chi connectivity index (χ3v) is 4.81. The molecule has 2 aromatic rings. The molecule has 3 rings (SSSR count). The van der Waals surface area contributed by atoms with Crippen LogP contribution >= 0.6 is 15.9 Å². The zero-order chi connectivity index (χ0) is 15.0. The van der Waals surface area contributed by atoms with Crippen LogP contribution in [0.1, 0.15) is 27.9 Å². The van der Waals surface area contributed by atoms with Gasteiger partial charge < -0.3 is 10.6 Å². The number of amides is 1. The van der Waals surface area contributed by atoms with E-state index in [0.717, 1.165) is 30.6 Å². The summed E-state index contributed by atoms with van der Waals surface area (Å²) in [5, 5.41) is 0. The predicted molar refractivity (Wildman–Crippen MR) is 89.7 cm³/mol. The zero-order valence-electron chi connectivity index (χ0n) is 11.9. The lowest BCUT2D eigenvalue weighted by Gasteiger charge is -2.31. The Bertz CT molecular complexity index is 712. The molecule has 21 heavy (non-hydrogen) atoms. The number of nitrogens with two attached hydrogens (primary N) is 1. The van der Waals surface area contributed by atoms with Gasteiger partial charge in [0.15, 0.2) is 0 Å². The molecule has 2 N–H and O–H groups in total. The number of nitrogen functional groups attached to an aromatic ring is 1. The average molecular weight is 345 g/mol. The van der Waals surface area contributed by atoms with Crippen molar-refractivity contribution < 1.29 is 4.79 Å². The topological polar surface area (TPSA) is 46.3 Å². The lowest BCUT2D eigenvalue weighted by Crippen LogP contribution is -2.36. The fraction of sp³-hybridized carbons (Fsp3) is 0.235. The molecule has 1 amide bonds. The van der Waals surface area contributed by atoms with Gasteiger partial charge in [0.05, 0.1) is 15.7 Å². The van der Waals surface area contributed by atoms with E-state index in [1.807, 2.05) is 17.0 Å². The van der Waals surface area contributed by atoms with Crippen LogP contribution in [0, 0.1) is 6.92 Å². The van der Waals surface area contributed by atoms with E-state index in [1.54, 1.807) is 6.07 Å². The standard InChI is InChI=1S/C17H17BrN2O/c1-11-5-2-6-12-7-4-10-20(16(11)12)17(21)13-8-3-9-14(19)15(13)18/h2-3,5-6,8-9H,4,7,10,19H2,1H3. The van der Waals surface area contributed by atoms with Gasteiger partial charge in [-0.1, -0.05) is 24.3 Å².